The van der Waals surface area contributed by atoms with Crippen LogP contribution in [0.3, 0.4) is 0 Å². The quantitative estimate of drug-likeness (QED) is 0.606. The number of halogens is 1. The summed E-state index contributed by atoms with van der Waals surface area (Å²) >= 11 is 5.81. The van der Waals surface area contributed by atoms with Crippen LogP contribution in [0.25, 0.3) is 11.5 Å². The van der Waals surface area contributed by atoms with E-state index in [1.54, 1.807) is 36.7 Å². The molecule has 0 unspecified atom stereocenters. The van der Waals surface area contributed by atoms with Gasteiger partial charge in [0.15, 0.2) is 11.6 Å². The van der Waals surface area contributed by atoms with E-state index in [1.807, 2.05) is 29.0 Å². The molecule has 0 bridgehead atoms. The molecule has 0 aliphatic carbocycles. The maximum atomic E-state index is 12.1. The second-order valence-electron chi connectivity index (χ2n) is 5.94. The normalized spacial score (nSPS) is 10.6. The van der Waals surface area contributed by atoms with Gasteiger partial charge in [-0.3, -0.25) is 14.6 Å². The SMILES string of the molecule is O=C(CCC(=O)c1ccc(Cl)cc1)NCCn1ccnc1-c1ccccn1. The van der Waals surface area contributed by atoms with Crippen molar-refractivity contribution >= 4 is 23.3 Å². The van der Waals surface area contributed by atoms with Crippen LogP contribution in [0.2, 0.25) is 5.02 Å². The highest BCUT2D eigenvalue weighted by atomic mass is 35.5. The lowest BCUT2D eigenvalue weighted by Crippen LogP contribution is -2.27. The number of hydrogen-bond donors (Lipinski definition) is 1. The fourth-order valence-electron chi connectivity index (χ4n) is 2.63. The van der Waals surface area contributed by atoms with Crippen molar-refractivity contribution in [2.24, 2.45) is 0 Å². The molecule has 6 nitrogen and oxygen atoms in total. The standard InChI is InChI=1S/C20H19ClN4O2/c21-16-6-4-15(5-7-16)18(26)8-9-19(27)23-11-13-25-14-12-24-20(25)17-3-1-2-10-22-17/h1-7,10,12,14H,8-9,11,13H2,(H,23,27). The summed E-state index contributed by atoms with van der Waals surface area (Å²) in [5.41, 5.74) is 1.34. The minimum Gasteiger partial charge on any atom is -0.354 e. The van der Waals surface area contributed by atoms with E-state index in [9.17, 15) is 9.59 Å². The number of Topliss-reactive ketones (excluding diaryl/α,β-unsaturated/α-hetero) is 1. The number of pyridine rings is 1. The lowest BCUT2D eigenvalue weighted by atomic mass is 10.1. The summed E-state index contributed by atoms with van der Waals surface area (Å²) in [6, 6.07) is 12.3. The van der Waals surface area contributed by atoms with Crippen LogP contribution in [0.15, 0.2) is 61.1 Å². The highest BCUT2D eigenvalue weighted by Gasteiger charge is 2.10. The zero-order valence-electron chi connectivity index (χ0n) is 14.6. The first-order chi connectivity index (χ1) is 13.1. The molecule has 0 saturated heterocycles. The van der Waals surface area contributed by atoms with Crippen LogP contribution in [0.1, 0.15) is 23.2 Å². The van der Waals surface area contributed by atoms with E-state index in [1.165, 1.54) is 0 Å². The third kappa shape index (κ3) is 5.24. The Morgan fingerprint density at radius 3 is 2.56 bits per heavy atom. The lowest BCUT2D eigenvalue weighted by Gasteiger charge is -2.09. The van der Waals surface area contributed by atoms with Crippen molar-refractivity contribution in [1.29, 1.82) is 0 Å². The van der Waals surface area contributed by atoms with Gasteiger partial charge in [0.1, 0.15) is 5.69 Å². The first kappa shape index (κ1) is 18.8. The Balaban J connectivity index is 1.45. The first-order valence-electron chi connectivity index (χ1n) is 8.61. The third-order valence-electron chi connectivity index (χ3n) is 4.03. The van der Waals surface area contributed by atoms with Gasteiger partial charge in [0.05, 0.1) is 0 Å². The number of amides is 1. The average molecular weight is 383 g/mol. The molecule has 2 heterocycles. The molecule has 1 amide bonds. The van der Waals surface area contributed by atoms with Crippen molar-refractivity contribution in [2.75, 3.05) is 6.54 Å². The Kier molecular flexibility index (Phi) is 6.33. The van der Waals surface area contributed by atoms with Crippen molar-refractivity contribution in [3.63, 3.8) is 0 Å². The van der Waals surface area contributed by atoms with Crippen molar-refractivity contribution in [3.05, 3.63) is 71.6 Å². The molecular weight excluding hydrogens is 364 g/mol. The second kappa shape index (κ2) is 9.09. The number of rotatable bonds is 8. The molecule has 0 fully saturated rings. The molecule has 3 aromatic rings. The number of hydrogen-bond acceptors (Lipinski definition) is 4. The molecule has 0 radical (unpaired) electrons. The molecule has 0 spiro atoms. The van der Waals surface area contributed by atoms with Gasteiger partial charge in [0.2, 0.25) is 5.91 Å². The van der Waals surface area contributed by atoms with Crippen LogP contribution in [-0.4, -0.2) is 32.8 Å². The number of ketones is 1. The molecule has 7 heteroatoms. The van der Waals surface area contributed by atoms with Crippen molar-refractivity contribution in [2.45, 2.75) is 19.4 Å². The summed E-state index contributed by atoms with van der Waals surface area (Å²) in [6.07, 6.45) is 5.58. The minimum atomic E-state index is -0.156. The van der Waals surface area contributed by atoms with Gasteiger partial charge in [-0.2, -0.15) is 0 Å². The van der Waals surface area contributed by atoms with Gasteiger partial charge in [-0.05, 0) is 36.4 Å². The van der Waals surface area contributed by atoms with E-state index in [-0.39, 0.29) is 24.5 Å². The number of carbonyl (C=O) groups excluding carboxylic acids is 2. The predicted octanol–water partition coefficient (Wildman–Crippen LogP) is 3.38. The fraction of sp³-hybridized carbons (Fsp3) is 0.200. The number of imidazole rings is 1. The van der Waals surface area contributed by atoms with Crippen LogP contribution >= 0.6 is 11.6 Å². The second-order valence-corrected chi connectivity index (χ2v) is 6.38. The van der Waals surface area contributed by atoms with Crippen LogP contribution in [0.4, 0.5) is 0 Å². The molecule has 0 aliphatic heterocycles. The maximum absolute atomic E-state index is 12.1. The molecule has 1 N–H and O–H groups in total. The summed E-state index contributed by atoms with van der Waals surface area (Å²) in [5, 5.41) is 3.41. The molecule has 2 aromatic heterocycles. The number of nitrogens with zero attached hydrogens (tertiary/aromatic N) is 3. The largest absolute Gasteiger partial charge is 0.354 e. The third-order valence-corrected chi connectivity index (χ3v) is 4.28. The van der Waals surface area contributed by atoms with E-state index < -0.39 is 0 Å². The van der Waals surface area contributed by atoms with E-state index in [0.29, 0.717) is 23.7 Å². The van der Waals surface area contributed by atoms with E-state index in [4.69, 9.17) is 11.6 Å². The van der Waals surface area contributed by atoms with Gasteiger partial charge in [0.25, 0.3) is 0 Å². The summed E-state index contributed by atoms with van der Waals surface area (Å²) in [7, 11) is 0. The van der Waals surface area contributed by atoms with Crippen LogP contribution in [0.5, 0.6) is 0 Å². The number of aromatic nitrogens is 3. The zero-order valence-corrected chi connectivity index (χ0v) is 15.4. The molecular formula is C20H19ClN4O2. The molecule has 0 saturated carbocycles. The Morgan fingerprint density at radius 2 is 1.81 bits per heavy atom. The molecule has 3 rings (SSSR count). The van der Waals surface area contributed by atoms with Crippen molar-refractivity contribution in [1.82, 2.24) is 19.9 Å². The highest BCUT2D eigenvalue weighted by Crippen LogP contribution is 2.14. The monoisotopic (exact) mass is 382 g/mol. The zero-order chi connectivity index (χ0) is 19.1. The Bertz CT molecular complexity index is 907. The van der Waals surface area contributed by atoms with Crippen molar-refractivity contribution in [3.8, 4) is 11.5 Å². The van der Waals surface area contributed by atoms with Crippen molar-refractivity contribution < 1.29 is 9.59 Å². The minimum absolute atomic E-state index is 0.0751. The summed E-state index contributed by atoms with van der Waals surface area (Å²) in [4.78, 5) is 32.7. The average Bonchev–Trinajstić information content (AvgIpc) is 3.16. The van der Waals surface area contributed by atoms with E-state index >= 15 is 0 Å². The van der Waals surface area contributed by atoms with Gasteiger partial charge >= 0.3 is 0 Å². The molecule has 0 atom stereocenters. The van der Waals surface area contributed by atoms with Crippen LogP contribution in [-0.2, 0) is 11.3 Å². The van der Waals surface area contributed by atoms with E-state index in [0.717, 1.165) is 11.5 Å². The smallest absolute Gasteiger partial charge is 0.220 e. The Morgan fingerprint density at radius 1 is 1.00 bits per heavy atom. The number of nitrogens with one attached hydrogen (secondary N) is 1. The van der Waals surface area contributed by atoms with Gasteiger partial charge in [-0.1, -0.05) is 17.7 Å². The Labute approximate surface area is 162 Å². The Hall–Kier alpha value is -2.99. The van der Waals surface area contributed by atoms with Crippen LogP contribution in [0, 0.1) is 0 Å². The predicted molar refractivity (Wildman–Crippen MR) is 103 cm³/mol. The highest BCUT2D eigenvalue weighted by molar-refractivity contribution is 6.30. The number of benzene rings is 1. The summed E-state index contributed by atoms with van der Waals surface area (Å²) < 4.78 is 1.93. The van der Waals surface area contributed by atoms with Gasteiger partial charge in [-0.15, -0.1) is 0 Å². The molecule has 1 aromatic carbocycles. The molecule has 27 heavy (non-hydrogen) atoms. The summed E-state index contributed by atoms with van der Waals surface area (Å²) in [6.45, 7) is 1.02. The number of carbonyl (C=O) groups is 2. The van der Waals surface area contributed by atoms with Crippen LogP contribution < -0.4 is 5.32 Å². The molecule has 0 aliphatic rings. The summed E-state index contributed by atoms with van der Waals surface area (Å²) in [5.74, 6) is 0.522. The topological polar surface area (TPSA) is 76.9 Å². The van der Waals surface area contributed by atoms with E-state index in [2.05, 4.69) is 15.3 Å². The maximum Gasteiger partial charge on any atom is 0.220 e. The lowest BCUT2D eigenvalue weighted by molar-refractivity contribution is -0.121. The van der Waals surface area contributed by atoms with Gasteiger partial charge in [-0.25, -0.2) is 4.98 Å². The van der Waals surface area contributed by atoms with Gasteiger partial charge < -0.3 is 9.88 Å². The van der Waals surface area contributed by atoms with Gasteiger partial charge in [0, 0.05) is 55.1 Å². The fourth-order valence-corrected chi connectivity index (χ4v) is 2.76. The molecule has 138 valence electrons. The first-order valence-corrected chi connectivity index (χ1v) is 8.99.